The van der Waals surface area contributed by atoms with Crippen LogP contribution in [0.1, 0.15) is 36.9 Å². The maximum atomic E-state index is 13.1. The minimum atomic E-state index is -0.375. The summed E-state index contributed by atoms with van der Waals surface area (Å²) in [5, 5.41) is 3.64. The molecule has 0 aliphatic heterocycles. The number of rotatable bonds is 5. The molecule has 3 heteroatoms. The van der Waals surface area contributed by atoms with Crippen LogP contribution in [0.25, 0.3) is 0 Å². The molecule has 0 aliphatic carbocycles. The summed E-state index contributed by atoms with van der Waals surface area (Å²) < 4.78 is 13.1. The Kier molecular flexibility index (Phi) is 5.16. The summed E-state index contributed by atoms with van der Waals surface area (Å²) in [6, 6.07) is 15.4. The molecule has 2 aromatic rings. The number of hydrogen-bond donors (Lipinski definition) is 1. The van der Waals surface area contributed by atoms with Gasteiger partial charge in [-0.15, -0.1) is 0 Å². The van der Waals surface area contributed by atoms with E-state index in [-0.39, 0.29) is 16.9 Å². The Bertz CT molecular complexity index is 556. The van der Waals surface area contributed by atoms with Crippen LogP contribution in [0.4, 0.5) is 4.39 Å². The normalized spacial score (nSPS) is 14.0. The minimum Gasteiger partial charge on any atom is -0.310 e. The third-order valence-electron chi connectivity index (χ3n) is 3.54. The maximum Gasteiger partial charge on any atom is 0.141 e. The van der Waals surface area contributed by atoms with Gasteiger partial charge in [0, 0.05) is 12.6 Å². The SMILES string of the molecule is CC(CNC(C)c1ccc(F)c(Cl)c1)c1ccccc1. The zero-order valence-electron chi connectivity index (χ0n) is 11.7. The molecule has 20 heavy (non-hydrogen) atoms. The first-order valence-electron chi connectivity index (χ1n) is 6.81. The first-order valence-corrected chi connectivity index (χ1v) is 7.19. The molecule has 0 saturated carbocycles. The second-order valence-electron chi connectivity index (χ2n) is 5.12. The van der Waals surface area contributed by atoms with E-state index >= 15 is 0 Å². The topological polar surface area (TPSA) is 12.0 Å². The van der Waals surface area contributed by atoms with E-state index in [2.05, 4.69) is 43.4 Å². The van der Waals surface area contributed by atoms with Crippen molar-refractivity contribution < 1.29 is 4.39 Å². The van der Waals surface area contributed by atoms with Crippen LogP contribution in [-0.2, 0) is 0 Å². The molecule has 0 aliphatic rings. The van der Waals surface area contributed by atoms with E-state index in [4.69, 9.17) is 11.6 Å². The Labute approximate surface area is 124 Å². The molecular formula is C17H19ClFN. The summed E-state index contributed by atoms with van der Waals surface area (Å²) in [6.45, 7) is 5.11. The third kappa shape index (κ3) is 3.81. The van der Waals surface area contributed by atoms with Crippen molar-refractivity contribution in [1.82, 2.24) is 5.32 Å². The van der Waals surface area contributed by atoms with Gasteiger partial charge in [0.05, 0.1) is 5.02 Å². The quantitative estimate of drug-likeness (QED) is 0.823. The predicted molar refractivity (Wildman–Crippen MR) is 82.7 cm³/mol. The lowest BCUT2D eigenvalue weighted by Gasteiger charge is -2.18. The third-order valence-corrected chi connectivity index (χ3v) is 3.83. The molecule has 0 heterocycles. The Hall–Kier alpha value is -1.38. The molecule has 1 N–H and O–H groups in total. The lowest BCUT2D eigenvalue weighted by molar-refractivity contribution is 0.535. The van der Waals surface area contributed by atoms with E-state index in [0.717, 1.165) is 12.1 Å². The van der Waals surface area contributed by atoms with Crippen molar-refractivity contribution in [2.75, 3.05) is 6.54 Å². The van der Waals surface area contributed by atoms with Crippen molar-refractivity contribution in [3.8, 4) is 0 Å². The van der Waals surface area contributed by atoms with Crippen molar-refractivity contribution in [3.05, 3.63) is 70.5 Å². The van der Waals surface area contributed by atoms with Crippen molar-refractivity contribution in [1.29, 1.82) is 0 Å². The van der Waals surface area contributed by atoms with Crippen LogP contribution in [0.15, 0.2) is 48.5 Å². The Morgan fingerprint density at radius 2 is 1.75 bits per heavy atom. The van der Waals surface area contributed by atoms with E-state index < -0.39 is 0 Å². The zero-order chi connectivity index (χ0) is 14.5. The summed E-state index contributed by atoms with van der Waals surface area (Å²) >= 11 is 5.81. The second kappa shape index (κ2) is 6.87. The van der Waals surface area contributed by atoms with Gasteiger partial charge < -0.3 is 5.32 Å². The fourth-order valence-electron chi connectivity index (χ4n) is 2.15. The monoisotopic (exact) mass is 291 g/mol. The number of halogens is 2. The van der Waals surface area contributed by atoms with Gasteiger partial charge in [0.2, 0.25) is 0 Å². The molecule has 1 nitrogen and oxygen atoms in total. The van der Waals surface area contributed by atoms with E-state index in [0.29, 0.717) is 5.92 Å². The summed E-state index contributed by atoms with van der Waals surface area (Å²) in [5.41, 5.74) is 2.31. The van der Waals surface area contributed by atoms with Gasteiger partial charge in [-0.3, -0.25) is 0 Å². The average molecular weight is 292 g/mol. The van der Waals surface area contributed by atoms with Crippen molar-refractivity contribution in [3.63, 3.8) is 0 Å². The second-order valence-corrected chi connectivity index (χ2v) is 5.52. The number of nitrogens with one attached hydrogen (secondary N) is 1. The molecule has 106 valence electrons. The Morgan fingerprint density at radius 3 is 2.40 bits per heavy atom. The van der Waals surface area contributed by atoms with Gasteiger partial charge in [0.25, 0.3) is 0 Å². The van der Waals surface area contributed by atoms with Gasteiger partial charge in [0.15, 0.2) is 0 Å². The van der Waals surface area contributed by atoms with Crippen LogP contribution < -0.4 is 5.32 Å². The van der Waals surface area contributed by atoms with Gasteiger partial charge in [-0.1, -0.05) is 54.9 Å². The molecule has 0 radical (unpaired) electrons. The standard InChI is InChI=1S/C17H19ClFN/c1-12(14-6-4-3-5-7-14)11-20-13(2)15-8-9-17(19)16(18)10-15/h3-10,12-13,20H,11H2,1-2H3. The van der Waals surface area contributed by atoms with E-state index in [1.54, 1.807) is 12.1 Å². The summed E-state index contributed by atoms with van der Waals surface area (Å²) in [7, 11) is 0. The molecular weight excluding hydrogens is 273 g/mol. The maximum absolute atomic E-state index is 13.1. The van der Waals surface area contributed by atoms with Gasteiger partial charge in [-0.2, -0.15) is 0 Å². The highest BCUT2D eigenvalue weighted by Crippen LogP contribution is 2.21. The highest BCUT2D eigenvalue weighted by Gasteiger charge is 2.10. The molecule has 2 aromatic carbocycles. The zero-order valence-corrected chi connectivity index (χ0v) is 12.5. The molecule has 0 amide bonds. The number of benzene rings is 2. The van der Waals surface area contributed by atoms with Crippen LogP contribution in [-0.4, -0.2) is 6.54 Å². The lowest BCUT2D eigenvalue weighted by atomic mass is 10.0. The van der Waals surface area contributed by atoms with Crippen LogP contribution in [0.5, 0.6) is 0 Å². The summed E-state index contributed by atoms with van der Waals surface area (Å²) in [5.74, 6) is 0.0508. The Morgan fingerprint density at radius 1 is 1.05 bits per heavy atom. The predicted octanol–water partition coefficient (Wildman–Crippen LogP) is 4.93. The first kappa shape index (κ1) is 15.0. The van der Waals surface area contributed by atoms with E-state index in [1.807, 2.05) is 6.07 Å². The molecule has 0 aromatic heterocycles. The Balaban J connectivity index is 1.95. The van der Waals surface area contributed by atoms with Crippen molar-refractivity contribution >= 4 is 11.6 Å². The summed E-state index contributed by atoms with van der Waals surface area (Å²) in [4.78, 5) is 0. The van der Waals surface area contributed by atoms with Crippen molar-refractivity contribution in [2.24, 2.45) is 0 Å². The number of hydrogen-bond acceptors (Lipinski definition) is 1. The fourth-order valence-corrected chi connectivity index (χ4v) is 2.34. The molecule has 2 atom stereocenters. The molecule has 2 rings (SSSR count). The smallest absolute Gasteiger partial charge is 0.141 e. The van der Waals surface area contributed by atoms with Crippen molar-refractivity contribution in [2.45, 2.75) is 25.8 Å². The average Bonchev–Trinajstić information content (AvgIpc) is 2.48. The minimum absolute atomic E-state index is 0.138. The largest absolute Gasteiger partial charge is 0.310 e. The molecule has 0 spiro atoms. The molecule has 0 fully saturated rings. The van der Waals surface area contributed by atoms with Crippen LogP contribution in [0.3, 0.4) is 0 Å². The van der Waals surface area contributed by atoms with Gasteiger partial charge in [0.1, 0.15) is 5.82 Å². The summed E-state index contributed by atoms with van der Waals surface area (Å²) in [6.07, 6.45) is 0. The van der Waals surface area contributed by atoms with E-state index in [1.165, 1.54) is 11.6 Å². The first-order chi connectivity index (χ1) is 9.58. The fraction of sp³-hybridized carbons (Fsp3) is 0.294. The molecule has 0 saturated heterocycles. The molecule has 0 bridgehead atoms. The van der Waals surface area contributed by atoms with Gasteiger partial charge >= 0.3 is 0 Å². The highest BCUT2D eigenvalue weighted by molar-refractivity contribution is 6.30. The van der Waals surface area contributed by atoms with Crippen LogP contribution in [0.2, 0.25) is 5.02 Å². The van der Waals surface area contributed by atoms with Crippen LogP contribution in [0, 0.1) is 5.82 Å². The molecule has 2 unspecified atom stereocenters. The lowest BCUT2D eigenvalue weighted by Crippen LogP contribution is -2.23. The van der Waals surface area contributed by atoms with Gasteiger partial charge in [-0.25, -0.2) is 4.39 Å². The van der Waals surface area contributed by atoms with Gasteiger partial charge in [-0.05, 0) is 36.1 Å². The highest BCUT2D eigenvalue weighted by atomic mass is 35.5. The van der Waals surface area contributed by atoms with E-state index in [9.17, 15) is 4.39 Å². The van der Waals surface area contributed by atoms with Crippen LogP contribution >= 0.6 is 11.6 Å².